The number of rotatable bonds is 4. The molecule has 0 aromatic carbocycles. The van der Waals surface area contributed by atoms with Gasteiger partial charge in [0.2, 0.25) is 0 Å². The van der Waals surface area contributed by atoms with Gasteiger partial charge in [-0.15, -0.1) is 0 Å². The van der Waals surface area contributed by atoms with Gasteiger partial charge in [-0.1, -0.05) is 13.8 Å². The Balaban J connectivity index is 3.26. The highest BCUT2D eigenvalue weighted by atomic mass is 19.1. The SMILES string of the molecule is CC(C)C(F)CO[C]=O. The molecule has 0 N–H and O–H groups in total. The summed E-state index contributed by atoms with van der Waals surface area (Å²) in [5.74, 6) is -0.0988. The first kappa shape index (κ1) is 8.40. The normalized spacial score (nSPS) is 13.3. The molecule has 1 unspecified atom stereocenters. The zero-order chi connectivity index (χ0) is 7.28. The molecule has 0 bridgehead atoms. The molecule has 0 spiro atoms. The van der Waals surface area contributed by atoms with Gasteiger partial charge in [0.05, 0.1) is 0 Å². The number of hydrogen-bond donors (Lipinski definition) is 0. The predicted molar refractivity (Wildman–Crippen MR) is 31.4 cm³/mol. The molecular formula is C6H10FO2. The van der Waals surface area contributed by atoms with Crippen LogP contribution in [0.4, 0.5) is 4.39 Å². The molecule has 0 saturated carbocycles. The van der Waals surface area contributed by atoms with Crippen LogP contribution >= 0.6 is 0 Å². The zero-order valence-electron chi connectivity index (χ0n) is 5.56. The molecule has 3 heteroatoms. The van der Waals surface area contributed by atoms with Gasteiger partial charge in [-0.25, -0.2) is 9.18 Å². The lowest BCUT2D eigenvalue weighted by atomic mass is 10.1. The summed E-state index contributed by atoms with van der Waals surface area (Å²) in [5.41, 5.74) is 0. The fourth-order valence-corrected chi connectivity index (χ4v) is 0.306. The van der Waals surface area contributed by atoms with Crippen molar-refractivity contribution in [2.75, 3.05) is 6.61 Å². The van der Waals surface area contributed by atoms with Crippen molar-refractivity contribution >= 4 is 6.47 Å². The minimum Gasteiger partial charge on any atom is -0.454 e. The highest BCUT2D eigenvalue weighted by Gasteiger charge is 2.10. The number of hydrogen-bond acceptors (Lipinski definition) is 2. The molecular weight excluding hydrogens is 123 g/mol. The summed E-state index contributed by atoms with van der Waals surface area (Å²) in [7, 11) is 0. The van der Waals surface area contributed by atoms with Crippen LogP contribution in [0.15, 0.2) is 0 Å². The van der Waals surface area contributed by atoms with Crippen molar-refractivity contribution in [2.45, 2.75) is 20.0 Å². The molecule has 1 radical (unpaired) electrons. The van der Waals surface area contributed by atoms with E-state index < -0.39 is 6.17 Å². The maximum Gasteiger partial charge on any atom is 0.417 e. The lowest BCUT2D eigenvalue weighted by molar-refractivity contribution is 0.143. The van der Waals surface area contributed by atoms with Crippen LogP contribution in [-0.2, 0) is 9.53 Å². The van der Waals surface area contributed by atoms with Crippen LogP contribution in [0.2, 0.25) is 0 Å². The summed E-state index contributed by atoms with van der Waals surface area (Å²) in [6, 6.07) is 0. The van der Waals surface area contributed by atoms with E-state index in [1.807, 2.05) is 0 Å². The second-order valence-corrected chi connectivity index (χ2v) is 2.15. The fourth-order valence-electron chi connectivity index (χ4n) is 0.306. The zero-order valence-corrected chi connectivity index (χ0v) is 5.56. The first-order valence-electron chi connectivity index (χ1n) is 2.81. The molecule has 0 aliphatic carbocycles. The average molecular weight is 133 g/mol. The standard InChI is InChI=1S/C6H10FO2/c1-5(2)6(7)3-9-4-8/h5-6H,3H2,1-2H3. The highest BCUT2D eigenvalue weighted by molar-refractivity contribution is 5.38. The summed E-state index contributed by atoms with van der Waals surface area (Å²) in [4.78, 5) is 9.42. The summed E-state index contributed by atoms with van der Waals surface area (Å²) in [6.07, 6.45) is -1.06. The van der Waals surface area contributed by atoms with Crippen molar-refractivity contribution in [3.05, 3.63) is 0 Å². The second-order valence-electron chi connectivity index (χ2n) is 2.15. The van der Waals surface area contributed by atoms with E-state index in [1.165, 1.54) is 0 Å². The van der Waals surface area contributed by atoms with Crippen LogP contribution in [0, 0.1) is 5.92 Å². The summed E-state index contributed by atoms with van der Waals surface area (Å²) < 4.78 is 16.5. The molecule has 0 aliphatic heterocycles. The van der Waals surface area contributed by atoms with Gasteiger partial charge in [0, 0.05) is 0 Å². The van der Waals surface area contributed by atoms with E-state index in [2.05, 4.69) is 4.74 Å². The van der Waals surface area contributed by atoms with Gasteiger partial charge in [0.15, 0.2) is 0 Å². The van der Waals surface area contributed by atoms with E-state index in [9.17, 15) is 9.18 Å². The Morgan fingerprint density at radius 1 is 1.67 bits per heavy atom. The molecule has 2 nitrogen and oxygen atoms in total. The maximum atomic E-state index is 12.4. The van der Waals surface area contributed by atoms with Gasteiger partial charge in [-0.05, 0) is 5.92 Å². The molecule has 0 heterocycles. The van der Waals surface area contributed by atoms with Gasteiger partial charge >= 0.3 is 6.47 Å². The number of carbonyl (C=O) groups excluding carboxylic acids is 1. The molecule has 0 saturated heterocycles. The van der Waals surface area contributed by atoms with Crippen molar-refractivity contribution in [1.82, 2.24) is 0 Å². The lowest BCUT2D eigenvalue weighted by Crippen LogP contribution is -2.15. The van der Waals surface area contributed by atoms with Crippen LogP contribution in [0.5, 0.6) is 0 Å². The first-order chi connectivity index (χ1) is 4.18. The fraction of sp³-hybridized carbons (Fsp3) is 0.833. The first-order valence-corrected chi connectivity index (χ1v) is 2.81. The monoisotopic (exact) mass is 133 g/mol. The minimum atomic E-state index is -1.06. The van der Waals surface area contributed by atoms with Crippen LogP contribution in [0.1, 0.15) is 13.8 Å². The van der Waals surface area contributed by atoms with Crippen LogP contribution in [0.3, 0.4) is 0 Å². The Labute approximate surface area is 54.0 Å². The van der Waals surface area contributed by atoms with E-state index in [0.717, 1.165) is 6.47 Å². The largest absolute Gasteiger partial charge is 0.454 e. The van der Waals surface area contributed by atoms with E-state index in [1.54, 1.807) is 13.8 Å². The Morgan fingerprint density at radius 3 is 2.56 bits per heavy atom. The summed E-state index contributed by atoms with van der Waals surface area (Å²) in [6.45, 7) is 4.43. The van der Waals surface area contributed by atoms with Crippen LogP contribution in [0.25, 0.3) is 0 Å². The van der Waals surface area contributed by atoms with Crippen molar-refractivity contribution in [1.29, 1.82) is 0 Å². The number of alkyl halides is 1. The number of halogens is 1. The van der Waals surface area contributed by atoms with E-state index in [4.69, 9.17) is 0 Å². The highest BCUT2D eigenvalue weighted by Crippen LogP contribution is 2.04. The smallest absolute Gasteiger partial charge is 0.417 e. The van der Waals surface area contributed by atoms with Crippen molar-refractivity contribution < 1.29 is 13.9 Å². The molecule has 0 aromatic rings. The van der Waals surface area contributed by atoms with Gasteiger partial charge in [0.25, 0.3) is 0 Å². The van der Waals surface area contributed by atoms with Crippen molar-refractivity contribution in [3.63, 3.8) is 0 Å². The molecule has 0 fully saturated rings. The predicted octanol–water partition coefficient (Wildman–Crippen LogP) is 1.06. The Morgan fingerprint density at radius 2 is 2.22 bits per heavy atom. The average Bonchev–Trinajstić information content (AvgIpc) is 1.82. The van der Waals surface area contributed by atoms with Gasteiger partial charge in [-0.2, -0.15) is 0 Å². The minimum absolute atomic E-state index is 0.0988. The topological polar surface area (TPSA) is 26.3 Å². The maximum absolute atomic E-state index is 12.4. The molecule has 0 aliphatic rings. The number of ether oxygens (including phenoxy) is 1. The van der Waals surface area contributed by atoms with Crippen LogP contribution < -0.4 is 0 Å². The van der Waals surface area contributed by atoms with Crippen LogP contribution in [-0.4, -0.2) is 19.3 Å². The quantitative estimate of drug-likeness (QED) is 0.573. The van der Waals surface area contributed by atoms with E-state index >= 15 is 0 Å². The van der Waals surface area contributed by atoms with Gasteiger partial charge in [0.1, 0.15) is 12.8 Å². The second kappa shape index (κ2) is 4.30. The van der Waals surface area contributed by atoms with Crippen molar-refractivity contribution in [3.8, 4) is 0 Å². The van der Waals surface area contributed by atoms with Gasteiger partial charge in [-0.3, -0.25) is 0 Å². The molecule has 53 valence electrons. The molecule has 0 aromatic heterocycles. The van der Waals surface area contributed by atoms with Gasteiger partial charge < -0.3 is 4.74 Å². The Kier molecular flexibility index (Phi) is 4.01. The Hall–Kier alpha value is -0.600. The molecule has 0 rings (SSSR count). The van der Waals surface area contributed by atoms with E-state index in [-0.39, 0.29) is 12.5 Å². The molecule has 1 atom stereocenters. The third-order valence-corrected chi connectivity index (χ3v) is 1.02. The summed E-state index contributed by atoms with van der Waals surface area (Å²) >= 11 is 0. The third kappa shape index (κ3) is 3.94. The summed E-state index contributed by atoms with van der Waals surface area (Å²) in [5, 5.41) is 0. The lowest BCUT2D eigenvalue weighted by Gasteiger charge is -2.08. The third-order valence-electron chi connectivity index (χ3n) is 1.02. The van der Waals surface area contributed by atoms with E-state index in [0.29, 0.717) is 0 Å². The molecule has 0 amide bonds. The molecule has 9 heavy (non-hydrogen) atoms. The Bertz CT molecular complexity index is 83.1. The van der Waals surface area contributed by atoms with Crippen molar-refractivity contribution in [2.24, 2.45) is 5.92 Å².